The summed E-state index contributed by atoms with van der Waals surface area (Å²) < 4.78 is 0. The Morgan fingerprint density at radius 3 is 2.18 bits per heavy atom. The molecule has 2 heteroatoms. The van der Waals surface area contributed by atoms with Gasteiger partial charge in [-0.25, -0.2) is 0 Å². The molecule has 122 valence electrons. The standard InChI is InChI=1S/C20H30O2/c1-18-14-12-13-16-19(18)15-10-8-6-4-2-3-5-7-9-11-17-20(21)22/h10,12-16H,2-9,11,17H2,1H3,(H,21,22)/b15-10+. The summed E-state index contributed by atoms with van der Waals surface area (Å²) in [5.74, 6) is -0.668. The van der Waals surface area contributed by atoms with Crippen LogP contribution in [0.4, 0.5) is 0 Å². The quantitative estimate of drug-likeness (QED) is 0.481. The summed E-state index contributed by atoms with van der Waals surface area (Å²) in [6.07, 6.45) is 15.5. The van der Waals surface area contributed by atoms with Crippen molar-refractivity contribution >= 4 is 12.0 Å². The lowest BCUT2D eigenvalue weighted by Gasteiger charge is -2.01. The van der Waals surface area contributed by atoms with Gasteiger partial charge in [-0.05, 0) is 37.3 Å². The molecule has 0 aliphatic rings. The van der Waals surface area contributed by atoms with Crippen LogP contribution < -0.4 is 0 Å². The molecule has 0 bridgehead atoms. The second-order valence-electron chi connectivity index (χ2n) is 6.02. The van der Waals surface area contributed by atoms with Crippen molar-refractivity contribution in [3.8, 4) is 0 Å². The predicted molar refractivity (Wildman–Crippen MR) is 94.0 cm³/mol. The van der Waals surface area contributed by atoms with Gasteiger partial charge in [0, 0.05) is 6.42 Å². The zero-order valence-electron chi connectivity index (χ0n) is 13.9. The zero-order valence-corrected chi connectivity index (χ0v) is 13.9. The van der Waals surface area contributed by atoms with Gasteiger partial charge in [0.1, 0.15) is 0 Å². The van der Waals surface area contributed by atoms with Gasteiger partial charge in [0.25, 0.3) is 0 Å². The van der Waals surface area contributed by atoms with Crippen LogP contribution in [-0.4, -0.2) is 11.1 Å². The number of rotatable bonds is 12. The Hall–Kier alpha value is -1.57. The lowest BCUT2D eigenvalue weighted by atomic mass is 10.1. The highest BCUT2D eigenvalue weighted by atomic mass is 16.4. The van der Waals surface area contributed by atoms with Crippen molar-refractivity contribution in [3.63, 3.8) is 0 Å². The fraction of sp³-hybridized carbons (Fsp3) is 0.550. The second-order valence-corrected chi connectivity index (χ2v) is 6.02. The summed E-state index contributed by atoms with van der Waals surface area (Å²) in [4.78, 5) is 10.4. The van der Waals surface area contributed by atoms with E-state index < -0.39 is 5.97 Å². The van der Waals surface area contributed by atoms with E-state index in [2.05, 4.69) is 43.3 Å². The number of aryl methyl sites for hydroxylation is 1. The summed E-state index contributed by atoms with van der Waals surface area (Å²) >= 11 is 0. The molecule has 0 unspecified atom stereocenters. The first-order chi connectivity index (χ1) is 10.7. The molecule has 0 aliphatic carbocycles. The van der Waals surface area contributed by atoms with Crippen LogP contribution in [-0.2, 0) is 4.79 Å². The maximum absolute atomic E-state index is 10.4. The summed E-state index contributed by atoms with van der Waals surface area (Å²) in [5.41, 5.74) is 2.66. The Bertz CT molecular complexity index is 449. The minimum absolute atomic E-state index is 0.327. The second kappa shape index (κ2) is 12.0. The number of carbonyl (C=O) groups is 1. The lowest BCUT2D eigenvalue weighted by molar-refractivity contribution is -0.137. The summed E-state index contributed by atoms with van der Waals surface area (Å²) in [6, 6.07) is 8.48. The molecule has 1 rings (SSSR count). The topological polar surface area (TPSA) is 37.3 Å². The molecule has 2 nitrogen and oxygen atoms in total. The van der Waals surface area contributed by atoms with Crippen LogP contribution in [0, 0.1) is 6.92 Å². The van der Waals surface area contributed by atoms with Gasteiger partial charge >= 0.3 is 5.97 Å². The van der Waals surface area contributed by atoms with Gasteiger partial charge in [-0.1, -0.05) is 74.9 Å². The number of benzene rings is 1. The van der Waals surface area contributed by atoms with Gasteiger partial charge in [0.2, 0.25) is 0 Å². The van der Waals surface area contributed by atoms with E-state index in [1.807, 2.05) is 0 Å². The number of carboxylic acids is 1. The Morgan fingerprint density at radius 1 is 0.955 bits per heavy atom. The molecule has 0 radical (unpaired) electrons. The van der Waals surface area contributed by atoms with Crippen molar-refractivity contribution in [2.75, 3.05) is 0 Å². The minimum atomic E-state index is -0.668. The minimum Gasteiger partial charge on any atom is -0.481 e. The molecule has 22 heavy (non-hydrogen) atoms. The summed E-state index contributed by atoms with van der Waals surface area (Å²) in [5, 5.41) is 8.54. The highest BCUT2D eigenvalue weighted by molar-refractivity contribution is 5.66. The first kappa shape index (κ1) is 18.5. The highest BCUT2D eigenvalue weighted by Crippen LogP contribution is 2.13. The molecule has 0 spiro atoms. The molecule has 0 fully saturated rings. The number of hydrogen-bond acceptors (Lipinski definition) is 1. The van der Waals surface area contributed by atoms with E-state index in [1.165, 1.54) is 49.7 Å². The van der Waals surface area contributed by atoms with E-state index in [9.17, 15) is 4.79 Å². The van der Waals surface area contributed by atoms with Gasteiger partial charge in [0.05, 0.1) is 0 Å². The lowest BCUT2D eigenvalue weighted by Crippen LogP contribution is -1.93. The number of unbranched alkanes of at least 4 members (excludes halogenated alkanes) is 8. The van der Waals surface area contributed by atoms with Crippen molar-refractivity contribution in [2.24, 2.45) is 0 Å². The van der Waals surface area contributed by atoms with E-state index >= 15 is 0 Å². The highest BCUT2D eigenvalue weighted by Gasteiger charge is 1.96. The number of aliphatic carboxylic acids is 1. The van der Waals surface area contributed by atoms with Crippen LogP contribution in [0.1, 0.15) is 75.3 Å². The Balaban J connectivity index is 1.92. The van der Waals surface area contributed by atoms with Gasteiger partial charge in [-0.15, -0.1) is 0 Å². The van der Waals surface area contributed by atoms with E-state index in [0.29, 0.717) is 6.42 Å². The third-order valence-electron chi connectivity index (χ3n) is 4.00. The van der Waals surface area contributed by atoms with E-state index in [0.717, 1.165) is 19.3 Å². The predicted octanol–water partition coefficient (Wildman–Crippen LogP) is 5.99. The van der Waals surface area contributed by atoms with E-state index in [-0.39, 0.29) is 0 Å². The Morgan fingerprint density at radius 2 is 1.55 bits per heavy atom. The summed E-state index contributed by atoms with van der Waals surface area (Å²) in [6.45, 7) is 2.15. The van der Waals surface area contributed by atoms with Gasteiger partial charge in [-0.3, -0.25) is 4.79 Å². The van der Waals surface area contributed by atoms with Crippen LogP contribution >= 0.6 is 0 Å². The first-order valence-electron chi connectivity index (χ1n) is 8.64. The molecule has 1 aromatic rings. The summed E-state index contributed by atoms with van der Waals surface area (Å²) in [7, 11) is 0. The monoisotopic (exact) mass is 302 g/mol. The van der Waals surface area contributed by atoms with Crippen molar-refractivity contribution in [3.05, 3.63) is 41.5 Å². The Kier molecular flexibility index (Phi) is 10.1. The maximum atomic E-state index is 10.4. The smallest absolute Gasteiger partial charge is 0.303 e. The molecule has 0 saturated carbocycles. The number of hydrogen-bond donors (Lipinski definition) is 1. The molecule has 0 aliphatic heterocycles. The maximum Gasteiger partial charge on any atom is 0.303 e. The van der Waals surface area contributed by atoms with Crippen LogP contribution in [0.15, 0.2) is 30.3 Å². The van der Waals surface area contributed by atoms with Gasteiger partial charge in [0.15, 0.2) is 0 Å². The molecular formula is C20H30O2. The molecule has 0 saturated heterocycles. The van der Waals surface area contributed by atoms with Crippen molar-refractivity contribution < 1.29 is 9.90 Å². The van der Waals surface area contributed by atoms with Crippen molar-refractivity contribution in [1.82, 2.24) is 0 Å². The fourth-order valence-electron chi connectivity index (χ4n) is 2.58. The van der Waals surface area contributed by atoms with Crippen LogP contribution in [0.2, 0.25) is 0 Å². The fourth-order valence-corrected chi connectivity index (χ4v) is 2.58. The molecule has 0 amide bonds. The zero-order chi connectivity index (χ0) is 16.0. The van der Waals surface area contributed by atoms with E-state index in [1.54, 1.807) is 0 Å². The van der Waals surface area contributed by atoms with Crippen molar-refractivity contribution in [2.45, 2.75) is 71.1 Å². The average Bonchev–Trinajstić information content (AvgIpc) is 2.49. The molecule has 1 aromatic carbocycles. The van der Waals surface area contributed by atoms with Crippen LogP contribution in [0.25, 0.3) is 6.08 Å². The van der Waals surface area contributed by atoms with Gasteiger partial charge < -0.3 is 5.11 Å². The SMILES string of the molecule is Cc1ccccc1/C=C/CCCCCCCCCCC(=O)O. The van der Waals surface area contributed by atoms with E-state index in [4.69, 9.17) is 5.11 Å². The molecule has 0 heterocycles. The number of allylic oxidation sites excluding steroid dienone is 1. The molecule has 1 N–H and O–H groups in total. The first-order valence-corrected chi connectivity index (χ1v) is 8.64. The third-order valence-corrected chi connectivity index (χ3v) is 4.00. The van der Waals surface area contributed by atoms with Crippen LogP contribution in [0.5, 0.6) is 0 Å². The molecular weight excluding hydrogens is 272 g/mol. The largest absolute Gasteiger partial charge is 0.481 e. The Labute approximate surface area is 135 Å². The van der Waals surface area contributed by atoms with Crippen LogP contribution in [0.3, 0.4) is 0 Å². The van der Waals surface area contributed by atoms with Crippen molar-refractivity contribution in [1.29, 1.82) is 0 Å². The number of carboxylic acid groups (broad SMARTS) is 1. The molecule has 0 aromatic heterocycles. The third kappa shape index (κ3) is 9.38. The average molecular weight is 302 g/mol. The normalized spacial score (nSPS) is 11.1. The van der Waals surface area contributed by atoms with Gasteiger partial charge in [-0.2, -0.15) is 0 Å². The molecule has 0 atom stereocenters.